The van der Waals surface area contributed by atoms with E-state index in [1.54, 1.807) is 0 Å². The number of esters is 1. The molecule has 13 heteroatoms. The predicted molar refractivity (Wildman–Crippen MR) is 122 cm³/mol. The van der Waals surface area contributed by atoms with E-state index in [0.29, 0.717) is 0 Å². The highest BCUT2D eigenvalue weighted by molar-refractivity contribution is 6.59. The molecule has 0 amide bonds. The summed E-state index contributed by atoms with van der Waals surface area (Å²) >= 11 is 11.2. The molecule has 9 nitrogen and oxygen atoms in total. The summed E-state index contributed by atoms with van der Waals surface area (Å²) < 4.78 is 35.9. The lowest BCUT2D eigenvalue weighted by Gasteiger charge is -2.12. The number of hydrogen-bond donors (Lipinski definition) is 0. The minimum atomic E-state index is -3.18. The Kier molecular flexibility index (Phi) is 7.10. The van der Waals surface area contributed by atoms with Crippen molar-refractivity contribution in [3.8, 4) is 0 Å². The molecule has 0 radical (unpaired) electrons. The summed E-state index contributed by atoms with van der Waals surface area (Å²) in [7, 11) is 0. The topological polar surface area (TPSA) is 134 Å². The minimum absolute atomic E-state index is 0.0116. The first kappa shape index (κ1) is 26.0. The molecule has 3 aromatic heterocycles. The number of alkyl halides is 2. The fourth-order valence-corrected chi connectivity index (χ4v) is 4.00. The Morgan fingerprint density at radius 1 is 0.892 bits per heavy atom. The Bertz CT molecular complexity index is 1500. The third-order valence-corrected chi connectivity index (χ3v) is 6.08. The fraction of sp³-hybridized carbons (Fsp3) is 0.125. The first-order chi connectivity index (χ1) is 17.6. The number of ketones is 4. The second-order valence-corrected chi connectivity index (χ2v) is 8.11. The van der Waals surface area contributed by atoms with Crippen LogP contribution in [0.25, 0.3) is 0 Å². The van der Waals surface area contributed by atoms with Crippen molar-refractivity contribution in [2.75, 3.05) is 6.61 Å². The SMILES string of the molecule is CCOC(=O)c1c(C(F)F)oc2c1C(=O)c1cnccc1C2=O.O=C1C(Cl)=C(Cl)C(=O)c2cnccc21. The number of rotatable bonds is 3. The third kappa shape index (κ3) is 4.36. The summed E-state index contributed by atoms with van der Waals surface area (Å²) in [4.78, 5) is 67.3. The van der Waals surface area contributed by atoms with Crippen LogP contribution in [0.3, 0.4) is 0 Å². The van der Waals surface area contributed by atoms with Gasteiger partial charge in [-0.3, -0.25) is 29.1 Å². The zero-order valence-corrected chi connectivity index (χ0v) is 20.0. The van der Waals surface area contributed by atoms with E-state index in [1.807, 2.05) is 0 Å². The summed E-state index contributed by atoms with van der Waals surface area (Å²) in [6.07, 6.45) is 1.98. The number of pyridine rings is 2. The van der Waals surface area contributed by atoms with Crippen LogP contribution in [0, 0.1) is 0 Å². The summed E-state index contributed by atoms with van der Waals surface area (Å²) in [6.45, 7) is 1.40. The largest absolute Gasteiger partial charge is 0.462 e. The van der Waals surface area contributed by atoms with Crippen molar-refractivity contribution >= 4 is 52.3 Å². The Morgan fingerprint density at radius 2 is 1.41 bits per heavy atom. The number of Topliss-reactive ketones (excluding diaryl/α,β-unsaturated/α-hetero) is 2. The van der Waals surface area contributed by atoms with Gasteiger partial charge in [-0.15, -0.1) is 0 Å². The first-order valence-corrected chi connectivity index (χ1v) is 11.1. The molecule has 0 N–H and O–H groups in total. The van der Waals surface area contributed by atoms with Crippen molar-refractivity contribution in [2.24, 2.45) is 0 Å². The van der Waals surface area contributed by atoms with Gasteiger partial charge in [-0.05, 0) is 19.1 Å². The van der Waals surface area contributed by atoms with Crippen molar-refractivity contribution in [2.45, 2.75) is 13.3 Å². The molecule has 2 aliphatic rings. The van der Waals surface area contributed by atoms with E-state index in [-0.39, 0.29) is 38.9 Å². The average molecular weight is 549 g/mol. The van der Waals surface area contributed by atoms with Crippen LogP contribution in [0.2, 0.25) is 0 Å². The van der Waals surface area contributed by atoms with Crippen LogP contribution in [0.1, 0.15) is 82.2 Å². The van der Waals surface area contributed by atoms with E-state index >= 15 is 0 Å². The molecule has 0 atom stereocenters. The molecule has 2 aliphatic carbocycles. The highest BCUT2D eigenvalue weighted by atomic mass is 35.5. The number of furan rings is 1. The van der Waals surface area contributed by atoms with Gasteiger partial charge in [-0.2, -0.15) is 0 Å². The van der Waals surface area contributed by atoms with Gasteiger partial charge in [0.15, 0.2) is 17.3 Å². The summed E-state index contributed by atoms with van der Waals surface area (Å²) in [5.74, 6) is -5.19. The van der Waals surface area contributed by atoms with Crippen LogP contribution < -0.4 is 0 Å². The predicted octanol–water partition coefficient (Wildman–Crippen LogP) is 4.71. The number of nitrogens with zero attached hydrogens (tertiary/aromatic N) is 2. The zero-order valence-electron chi connectivity index (χ0n) is 18.5. The van der Waals surface area contributed by atoms with Gasteiger partial charge in [0.05, 0.1) is 23.3 Å². The normalized spacial score (nSPS) is 14.1. The number of allylic oxidation sites excluding steroid dienone is 2. The molecule has 5 rings (SSSR count). The minimum Gasteiger partial charge on any atom is -0.462 e. The summed E-state index contributed by atoms with van der Waals surface area (Å²) in [5.41, 5.74) is -0.833. The lowest BCUT2D eigenvalue weighted by atomic mass is 9.87. The van der Waals surface area contributed by atoms with E-state index in [1.165, 1.54) is 37.6 Å². The van der Waals surface area contributed by atoms with Crippen LogP contribution in [-0.2, 0) is 4.74 Å². The van der Waals surface area contributed by atoms with Crippen molar-refractivity contribution in [1.29, 1.82) is 0 Å². The average Bonchev–Trinajstić information content (AvgIpc) is 3.32. The summed E-state index contributed by atoms with van der Waals surface area (Å²) in [6, 6.07) is 2.73. The van der Waals surface area contributed by atoms with E-state index in [9.17, 15) is 32.8 Å². The molecule has 0 unspecified atom stereocenters. The van der Waals surface area contributed by atoms with Crippen molar-refractivity contribution in [3.05, 3.63) is 91.9 Å². The smallest absolute Gasteiger partial charge is 0.342 e. The van der Waals surface area contributed by atoms with Crippen molar-refractivity contribution in [1.82, 2.24) is 9.97 Å². The number of halogens is 4. The zero-order chi connectivity index (χ0) is 27.0. The maximum Gasteiger partial charge on any atom is 0.342 e. The van der Waals surface area contributed by atoms with Gasteiger partial charge in [-0.1, -0.05) is 23.2 Å². The lowest BCUT2D eigenvalue weighted by molar-refractivity contribution is 0.0504. The maximum absolute atomic E-state index is 13.2. The molecule has 0 saturated heterocycles. The van der Waals surface area contributed by atoms with Gasteiger partial charge in [0.25, 0.3) is 6.43 Å². The standard InChI is InChI=1S/C15H9F2NO5.C9H3Cl2NO2/c1-2-22-15(21)9-8-10(19)7-5-18-4-3-6(7)11(20)12(8)23-13(9)14(16)17;10-6-7(11)9(14)5-3-12-2-1-4(5)8(6)13/h3-5,14H,2H2,1H3;1-3H. The van der Waals surface area contributed by atoms with Crippen LogP contribution in [0.15, 0.2) is 51.4 Å². The van der Waals surface area contributed by atoms with Gasteiger partial charge in [0.2, 0.25) is 17.3 Å². The number of carbonyl (C=O) groups is 5. The van der Waals surface area contributed by atoms with E-state index in [2.05, 4.69) is 9.97 Å². The van der Waals surface area contributed by atoms with E-state index in [0.717, 1.165) is 6.20 Å². The lowest BCUT2D eigenvalue weighted by Crippen LogP contribution is -2.22. The third-order valence-electron chi connectivity index (χ3n) is 5.26. The Morgan fingerprint density at radius 3 is 1.95 bits per heavy atom. The van der Waals surface area contributed by atoms with Crippen LogP contribution in [0.4, 0.5) is 8.78 Å². The monoisotopic (exact) mass is 548 g/mol. The fourth-order valence-electron chi connectivity index (χ4n) is 3.62. The van der Waals surface area contributed by atoms with Gasteiger partial charge in [0.1, 0.15) is 15.6 Å². The highest BCUT2D eigenvalue weighted by Gasteiger charge is 2.42. The van der Waals surface area contributed by atoms with Crippen LogP contribution >= 0.6 is 23.2 Å². The van der Waals surface area contributed by atoms with Gasteiger partial charge in [0, 0.05) is 35.9 Å². The molecule has 0 saturated carbocycles. The number of hydrogen-bond acceptors (Lipinski definition) is 9. The van der Waals surface area contributed by atoms with E-state index < -0.39 is 58.2 Å². The second-order valence-electron chi connectivity index (χ2n) is 7.35. The number of fused-ring (bicyclic) bond motifs is 3. The van der Waals surface area contributed by atoms with Gasteiger partial charge in [-0.25, -0.2) is 13.6 Å². The Balaban J connectivity index is 0.000000195. The van der Waals surface area contributed by atoms with Crippen LogP contribution in [0.5, 0.6) is 0 Å². The first-order valence-electron chi connectivity index (χ1n) is 10.3. The molecule has 0 spiro atoms. The molecular formula is C24H12Cl2F2N2O7. The number of aromatic nitrogens is 2. The molecule has 37 heavy (non-hydrogen) atoms. The second kappa shape index (κ2) is 10.1. The highest BCUT2D eigenvalue weighted by Crippen LogP contribution is 2.37. The quantitative estimate of drug-likeness (QED) is 0.333. The molecule has 0 fully saturated rings. The molecule has 0 aliphatic heterocycles. The van der Waals surface area contributed by atoms with E-state index in [4.69, 9.17) is 32.4 Å². The van der Waals surface area contributed by atoms with Gasteiger partial charge >= 0.3 is 5.97 Å². The van der Waals surface area contributed by atoms with Crippen molar-refractivity contribution in [3.63, 3.8) is 0 Å². The maximum atomic E-state index is 13.2. The molecular weight excluding hydrogens is 537 g/mol. The summed E-state index contributed by atoms with van der Waals surface area (Å²) in [5, 5.41) is -0.465. The molecule has 3 aromatic rings. The number of carbonyl (C=O) groups excluding carboxylic acids is 5. The van der Waals surface area contributed by atoms with Crippen molar-refractivity contribution < 1.29 is 41.9 Å². The molecule has 0 bridgehead atoms. The number of ether oxygens (including phenoxy) is 1. The molecule has 0 aromatic carbocycles. The Hall–Kier alpha value is -4.09. The molecule has 188 valence electrons. The Labute approximate surface area is 216 Å². The molecule has 3 heterocycles. The van der Waals surface area contributed by atoms with Crippen LogP contribution in [-0.4, -0.2) is 45.7 Å². The van der Waals surface area contributed by atoms with Gasteiger partial charge < -0.3 is 9.15 Å².